The zero-order valence-corrected chi connectivity index (χ0v) is 37.4. The lowest BCUT2D eigenvalue weighted by molar-refractivity contribution is 0.0521. The molecule has 0 saturated carbocycles. The van der Waals surface area contributed by atoms with Crippen LogP contribution >= 0.6 is 0 Å². The van der Waals surface area contributed by atoms with Gasteiger partial charge >= 0.3 is 0 Å². The number of carbonyl (C=O) groups excluding carboxylic acids is 3. The van der Waals surface area contributed by atoms with Crippen molar-refractivity contribution in [3.8, 4) is 23.0 Å². The minimum atomic E-state index is -0.0963. The second-order valence-electron chi connectivity index (χ2n) is 17.5. The number of piperidine rings is 2. The van der Waals surface area contributed by atoms with Gasteiger partial charge in [0.2, 0.25) is 0 Å². The van der Waals surface area contributed by atoms with Crippen LogP contribution in [0, 0.1) is 0 Å². The molecule has 0 bridgehead atoms. The number of nitrogens with zero attached hydrogens (tertiary/aromatic N) is 4. The van der Waals surface area contributed by atoms with E-state index in [1.54, 1.807) is 30.3 Å². The fraction of sp³-hybridized carbons (Fsp3) is 0.453. The molecule has 2 N–H and O–H groups in total. The van der Waals surface area contributed by atoms with E-state index in [9.17, 15) is 24.6 Å². The first kappa shape index (κ1) is 46.3. The van der Waals surface area contributed by atoms with Crippen LogP contribution < -0.4 is 9.47 Å². The Morgan fingerprint density at radius 3 is 1.44 bits per heavy atom. The smallest absolute Gasteiger partial charge is 0.254 e. The highest BCUT2D eigenvalue weighted by Crippen LogP contribution is 2.31. The van der Waals surface area contributed by atoms with Gasteiger partial charge in [0.15, 0.2) is 6.29 Å². The molecule has 11 heteroatoms. The van der Waals surface area contributed by atoms with Crippen molar-refractivity contribution in [2.45, 2.75) is 89.1 Å². The maximum atomic E-state index is 13.6. The molecule has 0 spiro atoms. The maximum Gasteiger partial charge on any atom is 0.254 e. The predicted octanol–water partition coefficient (Wildman–Crippen LogP) is 8.66. The third-order valence-electron chi connectivity index (χ3n) is 13.3. The third-order valence-corrected chi connectivity index (χ3v) is 13.3. The second kappa shape index (κ2) is 23.3. The van der Waals surface area contributed by atoms with Crippen molar-refractivity contribution in [1.82, 2.24) is 19.6 Å². The Labute approximate surface area is 379 Å². The first-order valence-corrected chi connectivity index (χ1v) is 23.5. The quantitative estimate of drug-likeness (QED) is 0.107. The van der Waals surface area contributed by atoms with Crippen LogP contribution in [0.5, 0.6) is 23.0 Å². The van der Waals surface area contributed by atoms with Gasteiger partial charge in [-0.05, 0) is 151 Å². The summed E-state index contributed by atoms with van der Waals surface area (Å²) in [5, 5.41) is 20.0. The average molecular weight is 871 g/mol. The van der Waals surface area contributed by atoms with Crippen LogP contribution in [-0.2, 0) is 12.8 Å². The van der Waals surface area contributed by atoms with Gasteiger partial charge < -0.3 is 39.3 Å². The van der Waals surface area contributed by atoms with Crippen molar-refractivity contribution in [3.63, 3.8) is 0 Å². The Kier molecular flexibility index (Phi) is 16.9. The molecule has 4 saturated heterocycles. The van der Waals surface area contributed by atoms with E-state index in [4.69, 9.17) is 9.47 Å². The number of aldehydes is 1. The number of rotatable bonds is 16. The molecule has 4 aromatic rings. The van der Waals surface area contributed by atoms with Crippen LogP contribution in [0.4, 0.5) is 0 Å². The van der Waals surface area contributed by atoms with Crippen molar-refractivity contribution in [1.29, 1.82) is 0 Å². The number of phenols is 2. The summed E-state index contributed by atoms with van der Waals surface area (Å²) >= 11 is 0. The Balaban J connectivity index is 0.000000191. The zero-order valence-electron chi connectivity index (χ0n) is 37.4. The summed E-state index contributed by atoms with van der Waals surface area (Å²) in [6, 6.07) is 26.0. The van der Waals surface area contributed by atoms with E-state index in [1.807, 2.05) is 52.3 Å². The van der Waals surface area contributed by atoms with Gasteiger partial charge in [0, 0.05) is 37.3 Å². The highest BCUT2D eigenvalue weighted by Gasteiger charge is 2.31. The van der Waals surface area contributed by atoms with Crippen LogP contribution in [-0.4, -0.2) is 126 Å². The largest absolute Gasteiger partial charge is 0.507 e. The zero-order chi connectivity index (χ0) is 44.7. The van der Waals surface area contributed by atoms with E-state index in [2.05, 4.69) is 28.5 Å². The van der Waals surface area contributed by atoms with Gasteiger partial charge in [-0.15, -0.1) is 0 Å². The van der Waals surface area contributed by atoms with Gasteiger partial charge in [0.25, 0.3) is 11.8 Å². The Hall–Kier alpha value is -5.65. The number of phenolic OH excluding ortho intramolecular Hbond substituents is 2. The Morgan fingerprint density at radius 2 is 0.984 bits per heavy atom. The molecule has 2 amide bonds. The molecule has 0 unspecified atom stereocenters. The first-order chi connectivity index (χ1) is 31.3. The van der Waals surface area contributed by atoms with Crippen molar-refractivity contribution in [2.24, 2.45) is 0 Å². The normalized spacial score (nSPS) is 19.1. The van der Waals surface area contributed by atoms with Crippen LogP contribution in [0.2, 0.25) is 0 Å². The summed E-state index contributed by atoms with van der Waals surface area (Å²) < 4.78 is 12.0. The number of benzene rings is 4. The molecule has 4 aliphatic rings. The molecule has 4 heterocycles. The van der Waals surface area contributed by atoms with E-state index < -0.39 is 0 Å². The number of hydrogen-bond donors (Lipinski definition) is 2. The molecule has 4 aromatic carbocycles. The number of ether oxygens (including phenoxy) is 2. The molecule has 11 nitrogen and oxygen atoms in total. The van der Waals surface area contributed by atoms with E-state index in [0.717, 1.165) is 106 Å². The lowest BCUT2D eigenvalue weighted by atomic mass is 9.98. The van der Waals surface area contributed by atoms with Crippen molar-refractivity contribution < 1.29 is 34.1 Å². The molecule has 0 aromatic heterocycles. The molecule has 64 heavy (non-hydrogen) atoms. The number of likely N-dealkylation sites (tertiary alicyclic amines) is 4. The molecule has 0 radical (unpaired) electrons. The molecule has 4 fully saturated rings. The van der Waals surface area contributed by atoms with E-state index >= 15 is 0 Å². The van der Waals surface area contributed by atoms with Crippen molar-refractivity contribution in [2.75, 3.05) is 65.6 Å². The lowest BCUT2D eigenvalue weighted by Crippen LogP contribution is -2.47. The van der Waals surface area contributed by atoms with E-state index in [0.29, 0.717) is 43.1 Å². The van der Waals surface area contributed by atoms with Gasteiger partial charge in [-0.2, -0.15) is 0 Å². The number of aromatic hydroxyl groups is 2. The Bertz CT molecular complexity index is 2030. The molecule has 2 atom stereocenters. The lowest BCUT2D eigenvalue weighted by Gasteiger charge is -2.36. The molecule has 0 aliphatic carbocycles. The monoisotopic (exact) mass is 870 g/mol. The Morgan fingerprint density at radius 1 is 0.562 bits per heavy atom. The van der Waals surface area contributed by atoms with Gasteiger partial charge in [-0.1, -0.05) is 61.2 Å². The maximum absolute atomic E-state index is 13.6. The minimum Gasteiger partial charge on any atom is -0.507 e. The van der Waals surface area contributed by atoms with Gasteiger partial charge in [0.1, 0.15) is 36.2 Å². The molecular weight excluding hydrogens is 805 g/mol. The summed E-state index contributed by atoms with van der Waals surface area (Å²) in [4.78, 5) is 47.4. The SMILES string of the molecule is C=Cc1c(O)cccc1OC[C@@H]1CCCCN1C(=O)c1ccccc1CCN1CCCC1.O=Cc1c(O)cccc1OC[C@@H]1CCCCN1C(=O)c1ccccc1CCN1CCCC1. The van der Waals surface area contributed by atoms with Crippen LogP contribution in [0.3, 0.4) is 0 Å². The average Bonchev–Trinajstić information content (AvgIpc) is 4.07. The summed E-state index contributed by atoms with van der Waals surface area (Å²) in [5.41, 5.74) is 4.58. The fourth-order valence-corrected chi connectivity index (χ4v) is 9.67. The number of hydrogen-bond acceptors (Lipinski definition) is 9. The highest BCUT2D eigenvalue weighted by molar-refractivity contribution is 5.96. The van der Waals surface area contributed by atoms with Crippen LogP contribution in [0.15, 0.2) is 91.5 Å². The van der Waals surface area contributed by atoms with Gasteiger partial charge in [0.05, 0.1) is 23.2 Å². The standard InChI is InChI=1S/C27H34N2O3.C26H32N2O4/c1-2-23-25(30)13-9-14-26(23)32-20-22-11-5-6-18-29(22)27(31)24-12-4-3-10-21(24)15-19-28-16-7-8-17-28;29-18-23-24(30)11-7-12-25(23)32-19-21-9-3-4-16-28(21)26(31)22-10-2-1-8-20(22)13-17-27-14-5-6-15-27/h2-4,9-10,12-14,22,30H,1,5-8,11,15-20H2;1-2,7-8,10-12,18,21,30H,3-6,9,13-17,19H2/t22-;21-/m00/s1. The minimum absolute atomic E-state index is 0.0166. The van der Waals surface area contributed by atoms with Crippen LogP contribution in [0.25, 0.3) is 6.08 Å². The van der Waals surface area contributed by atoms with E-state index in [1.165, 1.54) is 44.8 Å². The first-order valence-electron chi connectivity index (χ1n) is 23.5. The topological polar surface area (TPSA) is 123 Å². The molecule has 4 aliphatic heterocycles. The third kappa shape index (κ3) is 11.9. The van der Waals surface area contributed by atoms with Crippen LogP contribution in [0.1, 0.15) is 112 Å². The van der Waals surface area contributed by atoms with Gasteiger partial charge in [-0.3, -0.25) is 14.4 Å². The highest BCUT2D eigenvalue weighted by atomic mass is 16.5. The van der Waals surface area contributed by atoms with Crippen molar-refractivity contribution >= 4 is 24.2 Å². The van der Waals surface area contributed by atoms with Crippen molar-refractivity contribution in [3.05, 3.63) is 125 Å². The number of amides is 2. The number of carbonyl (C=O) groups is 3. The summed E-state index contributed by atoms with van der Waals surface area (Å²) in [5.74, 6) is 1.17. The predicted molar refractivity (Wildman–Crippen MR) is 252 cm³/mol. The summed E-state index contributed by atoms with van der Waals surface area (Å²) in [7, 11) is 0. The van der Waals surface area contributed by atoms with E-state index in [-0.39, 0.29) is 41.0 Å². The summed E-state index contributed by atoms with van der Waals surface area (Å²) in [6.07, 6.45) is 15.0. The fourth-order valence-electron chi connectivity index (χ4n) is 9.67. The molecule has 8 rings (SSSR count). The second-order valence-corrected chi connectivity index (χ2v) is 17.5. The van der Waals surface area contributed by atoms with Gasteiger partial charge in [-0.25, -0.2) is 0 Å². The molecule has 340 valence electrons. The summed E-state index contributed by atoms with van der Waals surface area (Å²) in [6.45, 7) is 12.6. The molecular formula is C53H66N4O7.